The Labute approximate surface area is 579 Å². The van der Waals surface area contributed by atoms with Crippen LogP contribution in [0.15, 0.2) is 0 Å². The second-order valence-electron chi connectivity index (χ2n) is 13.1. The van der Waals surface area contributed by atoms with Gasteiger partial charge in [0.2, 0.25) is 38.7 Å². The lowest BCUT2D eigenvalue weighted by molar-refractivity contribution is -0.168. The Morgan fingerprint density at radius 3 is 0.721 bits per heavy atom. The topological polar surface area (TPSA) is 467 Å². The van der Waals surface area contributed by atoms with Gasteiger partial charge in [-0.05, 0) is 11.6 Å². The van der Waals surface area contributed by atoms with E-state index >= 15 is 0 Å². The first kappa shape index (κ1) is 95.7. The summed E-state index contributed by atoms with van der Waals surface area (Å²) in [7, 11) is 0. The zero-order valence-corrected chi connectivity index (χ0v) is 56.0. The number of rotatable bonds is 29. The summed E-state index contributed by atoms with van der Waals surface area (Å²) in [6, 6.07) is 0. The highest BCUT2D eigenvalue weighted by atomic mass is 35.6. The summed E-state index contributed by atoms with van der Waals surface area (Å²) >= 11 is 97.8. The van der Waals surface area contributed by atoms with Crippen LogP contribution in [0.2, 0.25) is 0 Å². The lowest BCUT2D eigenvalue weighted by Gasteiger charge is -2.18. The van der Waals surface area contributed by atoms with Crippen LogP contribution in [0.1, 0.15) is 0 Å². The molecule has 0 aromatic rings. The highest BCUT2D eigenvalue weighted by Gasteiger charge is 2.28. The summed E-state index contributed by atoms with van der Waals surface area (Å²) in [6.07, 6.45) is -5.82. The molecule has 0 aliphatic carbocycles. The lowest BCUT2D eigenvalue weighted by atomic mass is 10.4. The Hall–Kier alpha value is -1.38. The van der Waals surface area contributed by atoms with E-state index in [4.69, 9.17) is 241 Å². The summed E-state index contributed by atoms with van der Waals surface area (Å²) < 4.78 is 45.3. The van der Waals surface area contributed by atoms with E-state index in [0.29, 0.717) is 0 Å². The van der Waals surface area contributed by atoms with Gasteiger partial charge in [0.15, 0.2) is 23.1 Å². The number of nitrogens with two attached hydrogens (primary N) is 2. The highest BCUT2D eigenvalue weighted by molar-refractivity contribution is 6.75. The maximum atomic E-state index is 11.2. The maximum Gasteiger partial charge on any atom is 0.397 e. The first-order valence-electron chi connectivity index (χ1n) is 20.8. The Morgan fingerprint density at radius 1 is 0.291 bits per heavy atom. The number of alkyl halides is 18. The number of hydrogen-bond donors (Lipinski definition) is 7. The molecule has 0 aromatic heterocycles. The van der Waals surface area contributed by atoms with Crippen LogP contribution < -0.4 is 11.5 Å². The third-order valence-electron chi connectivity index (χ3n) is 6.35. The molecule has 2 unspecified atom stereocenters. The molecule has 2 atom stereocenters. The number of aliphatic hydroxyl groups is 5. The third kappa shape index (κ3) is 60.2. The standard InChI is InChI=1S/2C9H9Cl4NO7.2C7H8Cl4O5.C3H8O3.C2HCl3O/c10-4(11)7(16)19-1-3(21-8(17)5(12)13)2-20-9(18)6(14)15;10-4(11)7(16)19-1-3(21-9(18)6(14)15)2-20-8(17)5(12)13;8-4(9)6(13)15-1-3(12)2-16-7(14)5(10)11;8-4(9)6(13)15-2-3(1-12)16-7(14)5(10)11;4-1-3(6)2-5;3-1(4)2(5)6/h2*3-5H,1-2H2,(H2,14,15);2*3-5,12H,1-2H2;3-6H,1-2H2;1H. The fraction of sp³-hybridized carbons (Fsp3) is 0.649. The number of hydrogen-bond acceptors (Lipinski definition) is 28. The van der Waals surface area contributed by atoms with Crippen molar-refractivity contribution in [3.63, 3.8) is 0 Å². The number of ether oxygens (including phenoxy) is 10. The maximum absolute atomic E-state index is 11.2. The van der Waals surface area contributed by atoms with Crippen molar-refractivity contribution in [1.29, 1.82) is 0 Å². The molecule has 0 saturated carbocycles. The molecular weight excluding hydrogens is 1590 g/mol. The molecule has 49 heteroatoms. The van der Waals surface area contributed by atoms with Crippen LogP contribution in [0, 0.1) is 0 Å². The second-order valence-corrected chi connectivity index (χ2v) is 23.4. The Bertz CT molecular complexity index is 2020. The van der Waals surface area contributed by atoms with Gasteiger partial charge in [0.1, 0.15) is 58.5 Å². The van der Waals surface area contributed by atoms with Crippen LogP contribution in [-0.4, -0.2) is 242 Å². The van der Waals surface area contributed by atoms with Crippen LogP contribution in [0.5, 0.6) is 0 Å². The van der Waals surface area contributed by atoms with Gasteiger partial charge in [-0.2, -0.15) is 0 Å². The van der Waals surface area contributed by atoms with Crippen LogP contribution in [0.3, 0.4) is 0 Å². The smallest absolute Gasteiger partial charge is 0.397 e. The molecule has 0 rings (SSSR count). The van der Waals surface area contributed by atoms with Gasteiger partial charge in [-0.1, -0.05) is 209 Å². The van der Waals surface area contributed by atoms with Crippen molar-refractivity contribution in [2.24, 2.45) is 11.5 Å². The normalized spacial score (nSPS) is 11.3. The van der Waals surface area contributed by atoms with Gasteiger partial charge in [-0.3, -0.25) is 14.4 Å². The molecule has 0 fully saturated rings. The monoisotopic (exact) mass is 1630 g/mol. The fourth-order valence-electron chi connectivity index (χ4n) is 2.78. The Balaban J connectivity index is -0.000000234. The van der Waals surface area contributed by atoms with Gasteiger partial charge in [-0.15, -0.1) is 0 Å². The molecule has 0 radical (unpaired) electrons. The van der Waals surface area contributed by atoms with E-state index in [9.17, 15) is 67.4 Å². The minimum atomic E-state index is -1.51. The number of amides is 2. The summed E-state index contributed by atoms with van der Waals surface area (Å²) in [5, 5.41) is 41.2. The first-order valence-corrected chi connectivity index (χ1v) is 29.0. The van der Waals surface area contributed by atoms with Crippen LogP contribution in [0.4, 0.5) is 0 Å². The zero-order chi connectivity index (χ0) is 68.7. The second kappa shape index (κ2) is 57.5. The van der Waals surface area contributed by atoms with E-state index in [1.54, 1.807) is 0 Å². The zero-order valence-electron chi connectivity index (χ0n) is 41.6. The fourth-order valence-corrected chi connectivity index (χ4v) is 3.74. The number of halogens is 19. The molecule has 30 nitrogen and oxygen atoms in total. The molecule has 0 heterocycles. The number of carbonyl (C=O) groups excluding carboxylic acids is 13. The molecule has 0 bridgehead atoms. The minimum Gasteiger partial charge on any atom is -0.461 e. The Morgan fingerprint density at radius 2 is 0.512 bits per heavy atom. The van der Waals surface area contributed by atoms with Crippen LogP contribution >= 0.6 is 220 Å². The van der Waals surface area contributed by atoms with Gasteiger partial charge >= 0.3 is 71.5 Å². The van der Waals surface area contributed by atoms with Crippen molar-refractivity contribution in [3.05, 3.63) is 0 Å². The van der Waals surface area contributed by atoms with Crippen molar-refractivity contribution < 1.29 is 135 Å². The van der Waals surface area contributed by atoms with E-state index in [1.165, 1.54) is 0 Å². The van der Waals surface area contributed by atoms with Crippen LogP contribution in [0.25, 0.3) is 0 Å². The molecule has 9 N–H and O–H groups in total. The molecule has 0 aliphatic heterocycles. The minimum absolute atomic E-state index is 0.365. The van der Waals surface area contributed by atoms with E-state index in [0.717, 1.165) is 0 Å². The van der Waals surface area contributed by atoms with Crippen molar-refractivity contribution in [2.75, 3.05) is 66.1 Å². The first-order chi connectivity index (χ1) is 39.5. The van der Waals surface area contributed by atoms with Gasteiger partial charge in [0.05, 0.1) is 19.8 Å². The molecule has 0 spiro atoms. The molecule has 0 saturated heterocycles. The largest absolute Gasteiger partial charge is 0.461 e. The van der Waals surface area contributed by atoms with E-state index < -0.39 is 204 Å². The lowest BCUT2D eigenvalue weighted by Crippen LogP contribution is -2.36. The molecule has 86 heavy (non-hydrogen) atoms. The predicted molar refractivity (Wildman–Crippen MR) is 308 cm³/mol. The van der Waals surface area contributed by atoms with Gasteiger partial charge in [0, 0.05) is 0 Å². The van der Waals surface area contributed by atoms with E-state index in [1.807, 2.05) is 0 Å². The predicted octanol–water partition coefficient (Wildman–Crippen LogP) is 2.12. The summed E-state index contributed by atoms with van der Waals surface area (Å²) in [4.78, 5) is 128. The molecule has 2 amide bonds. The summed E-state index contributed by atoms with van der Waals surface area (Å²) in [5.41, 5.74) is 9.33. The number of carbonyl (C=O) groups is 13. The van der Waals surface area contributed by atoms with Crippen molar-refractivity contribution in [3.8, 4) is 0 Å². The average molecular weight is 1640 g/mol. The summed E-state index contributed by atoms with van der Waals surface area (Å²) in [6.45, 7) is -4.86. The van der Waals surface area contributed by atoms with Crippen molar-refractivity contribution >= 4 is 297 Å². The average Bonchev–Trinajstić information content (AvgIpc) is 3.43. The van der Waals surface area contributed by atoms with Gasteiger partial charge < -0.3 is 84.4 Å². The molecule has 0 aliphatic rings. The quantitative estimate of drug-likeness (QED) is 0.0185. The van der Waals surface area contributed by atoms with Crippen molar-refractivity contribution in [2.45, 2.75) is 74.0 Å². The molecule has 0 aromatic carbocycles. The number of aliphatic hydroxyl groups excluding tert-OH is 5. The molecule has 502 valence electrons. The van der Waals surface area contributed by atoms with Gasteiger partial charge in [0.25, 0.3) is 5.24 Å². The van der Waals surface area contributed by atoms with E-state index in [-0.39, 0.29) is 13.2 Å². The number of esters is 10. The van der Waals surface area contributed by atoms with Crippen molar-refractivity contribution in [1.82, 2.24) is 0 Å². The summed E-state index contributed by atoms with van der Waals surface area (Å²) in [5.74, 6) is -13.4. The SMILES string of the molecule is NC(=O)C(=O)OC(COC(=O)C(Cl)Cl)COC(=O)C(Cl)Cl.NC(=O)C(=O)OCC(COC(=O)C(Cl)Cl)OC(=O)C(Cl)Cl.O=C(Cl)C(Cl)Cl.O=C(OCC(CO)OC(=O)C(Cl)Cl)C(Cl)Cl.O=C(OCC(O)COC(=O)C(Cl)Cl)C(Cl)Cl.OCC(O)CO. The van der Waals surface area contributed by atoms with E-state index in [2.05, 4.69) is 58.8 Å². The van der Waals surface area contributed by atoms with Crippen LogP contribution in [-0.2, 0) is 110 Å². The number of primary amides is 2. The third-order valence-corrected chi connectivity index (χ3v) is 10.0. The molecular formula is C37H43Cl19N2O28. The highest BCUT2D eigenvalue weighted by Crippen LogP contribution is 2.13. The Kier molecular flexibility index (Phi) is 64.0. The van der Waals surface area contributed by atoms with Gasteiger partial charge in [-0.25, -0.2) is 47.9 Å².